The molecule has 0 bridgehead atoms. The molecule has 0 aromatic rings. The summed E-state index contributed by atoms with van der Waals surface area (Å²) in [6.45, 7) is 4.19. The van der Waals surface area contributed by atoms with Crippen molar-refractivity contribution >= 4 is 17.9 Å². The van der Waals surface area contributed by atoms with Gasteiger partial charge in [-0.3, -0.25) is 9.59 Å². The zero-order valence-corrected chi connectivity index (χ0v) is 18.8. The van der Waals surface area contributed by atoms with Gasteiger partial charge < -0.3 is 23.8 Å². The smallest absolute Gasteiger partial charge is 0.362 e. The summed E-state index contributed by atoms with van der Waals surface area (Å²) in [6.07, 6.45) is 4.84. The minimum atomic E-state index is -0.885. The monoisotopic (exact) mass is 418 g/mol. The third-order valence-corrected chi connectivity index (χ3v) is 4.48. The summed E-state index contributed by atoms with van der Waals surface area (Å²) in [5.74, 6) is -1.56. The average molecular weight is 419 g/mol. The molecule has 0 aliphatic heterocycles. The fourth-order valence-electron chi connectivity index (χ4n) is 2.77. The first-order chi connectivity index (χ1) is 13.6. The van der Waals surface area contributed by atoms with E-state index in [4.69, 9.17) is 14.2 Å². The van der Waals surface area contributed by atoms with E-state index in [9.17, 15) is 19.5 Å². The molecule has 0 saturated heterocycles. The molecule has 0 rings (SSSR count). The van der Waals surface area contributed by atoms with E-state index >= 15 is 0 Å². The maximum atomic E-state index is 12.1. The van der Waals surface area contributed by atoms with Crippen LogP contribution in [0.25, 0.3) is 0 Å². The van der Waals surface area contributed by atoms with Crippen LogP contribution >= 0.6 is 0 Å². The van der Waals surface area contributed by atoms with Gasteiger partial charge in [-0.15, -0.1) is 0 Å². The van der Waals surface area contributed by atoms with E-state index in [2.05, 4.69) is 6.92 Å². The van der Waals surface area contributed by atoms with Gasteiger partial charge in [-0.05, 0) is 12.8 Å². The summed E-state index contributed by atoms with van der Waals surface area (Å²) in [4.78, 5) is 35.1. The van der Waals surface area contributed by atoms with Crippen molar-refractivity contribution in [1.82, 2.24) is 0 Å². The van der Waals surface area contributed by atoms with Crippen LogP contribution in [0, 0.1) is 0 Å². The molecule has 2 atom stereocenters. The van der Waals surface area contributed by atoms with Crippen LogP contribution in [0.2, 0.25) is 0 Å². The lowest BCUT2D eigenvalue weighted by Crippen LogP contribution is -2.50. The van der Waals surface area contributed by atoms with E-state index in [0.717, 1.165) is 25.7 Å². The average Bonchev–Trinajstić information content (AvgIpc) is 2.61. The predicted octanol–water partition coefficient (Wildman–Crippen LogP) is 2.78. The number of carboxylic acid groups (broad SMARTS) is 1. The highest BCUT2D eigenvalue weighted by atomic mass is 16.6. The molecule has 0 radical (unpaired) electrons. The lowest BCUT2D eigenvalue weighted by molar-refractivity contribution is -0.887. The first-order valence-electron chi connectivity index (χ1n) is 10.6. The summed E-state index contributed by atoms with van der Waals surface area (Å²) in [6, 6.07) is -0.600. The van der Waals surface area contributed by atoms with Gasteiger partial charge in [0.15, 0.2) is 12.1 Å². The molecule has 0 heterocycles. The number of hydrogen-bond donors (Lipinski definition) is 1. The predicted molar refractivity (Wildman–Crippen MR) is 109 cm³/mol. The van der Waals surface area contributed by atoms with Crippen LogP contribution in [0.5, 0.6) is 0 Å². The number of carboxylic acids is 1. The summed E-state index contributed by atoms with van der Waals surface area (Å²) in [7, 11) is 5.44. The maximum Gasteiger partial charge on any atom is 0.362 e. The number of rotatable bonds is 17. The molecule has 1 N–H and O–H groups in total. The quantitative estimate of drug-likeness (QED) is 0.220. The number of esters is 2. The Kier molecular flexibility index (Phi) is 14.3. The maximum absolute atomic E-state index is 12.1. The Morgan fingerprint density at radius 2 is 1.59 bits per heavy atom. The fraction of sp³-hybridized carbons (Fsp3) is 0.857. The standard InChI is InChI=1S/C21H39NO7/c1-6-8-9-10-12-20(24)29-17(16-28-19(23)11-7-2)15-27-14-13-18(21(25)26)22(3,4)5/h17-18H,6-16H2,1-5H3/p+1. The van der Waals surface area contributed by atoms with Crippen molar-refractivity contribution < 1.29 is 38.2 Å². The lowest BCUT2D eigenvalue weighted by Gasteiger charge is -2.31. The minimum absolute atomic E-state index is 0.0583. The molecule has 2 unspecified atom stereocenters. The van der Waals surface area contributed by atoms with E-state index in [-0.39, 0.29) is 36.2 Å². The molecule has 0 fully saturated rings. The number of ether oxygens (including phenoxy) is 3. The second kappa shape index (κ2) is 15.2. The Balaban J connectivity index is 4.54. The van der Waals surface area contributed by atoms with Crippen molar-refractivity contribution in [2.75, 3.05) is 41.0 Å². The van der Waals surface area contributed by atoms with Gasteiger partial charge in [-0.1, -0.05) is 33.1 Å². The molecular weight excluding hydrogens is 378 g/mol. The number of carbonyl (C=O) groups excluding carboxylic acids is 2. The van der Waals surface area contributed by atoms with Gasteiger partial charge in [0.25, 0.3) is 0 Å². The van der Waals surface area contributed by atoms with Crippen LogP contribution in [0.15, 0.2) is 0 Å². The number of carbonyl (C=O) groups is 3. The van der Waals surface area contributed by atoms with E-state index < -0.39 is 18.1 Å². The van der Waals surface area contributed by atoms with Crippen molar-refractivity contribution in [1.29, 1.82) is 0 Å². The fourth-order valence-corrected chi connectivity index (χ4v) is 2.77. The Morgan fingerprint density at radius 3 is 2.14 bits per heavy atom. The summed E-state index contributed by atoms with van der Waals surface area (Å²) in [5.41, 5.74) is 0. The summed E-state index contributed by atoms with van der Waals surface area (Å²) < 4.78 is 16.4. The largest absolute Gasteiger partial charge is 0.477 e. The van der Waals surface area contributed by atoms with Crippen molar-refractivity contribution in [2.24, 2.45) is 0 Å². The lowest BCUT2D eigenvalue weighted by atomic mass is 10.1. The first-order valence-corrected chi connectivity index (χ1v) is 10.6. The number of unbranched alkanes of at least 4 members (excludes halogenated alkanes) is 3. The minimum Gasteiger partial charge on any atom is -0.477 e. The molecule has 8 heteroatoms. The molecule has 8 nitrogen and oxygen atoms in total. The van der Waals surface area contributed by atoms with Crippen molar-refractivity contribution in [3.05, 3.63) is 0 Å². The van der Waals surface area contributed by atoms with E-state index in [1.165, 1.54) is 0 Å². The van der Waals surface area contributed by atoms with Gasteiger partial charge in [0.2, 0.25) is 0 Å². The Labute approximate surface area is 175 Å². The topological polar surface area (TPSA) is 99.1 Å². The molecular formula is C21H40NO7+. The summed E-state index contributed by atoms with van der Waals surface area (Å²) >= 11 is 0. The van der Waals surface area contributed by atoms with Gasteiger partial charge in [0.1, 0.15) is 6.61 Å². The van der Waals surface area contributed by atoms with Gasteiger partial charge >= 0.3 is 17.9 Å². The van der Waals surface area contributed by atoms with Crippen LogP contribution in [0.1, 0.15) is 65.2 Å². The molecule has 29 heavy (non-hydrogen) atoms. The molecule has 0 amide bonds. The van der Waals surface area contributed by atoms with Crippen LogP contribution in [0.3, 0.4) is 0 Å². The molecule has 170 valence electrons. The van der Waals surface area contributed by atoms with Gasteiger partial charge in [-0.25, -0.2) is 4.79 Å². The normalized spacial score (nSPS) is 13.6. The number of hydrogen-bond acceptors (Lipinski definition) is 6. The number of likely N-dealkylation sites (N-methyl/N-ethyl adjacent to an activating group) is 1. The zero-order valence-electron chi connectivity index (χ0n) is 18.8. The molecule has 0 aliphatic carbocycles. The third kappa shape index (κ3) is 14.0. The highest BCUT2D eigenvalue weighted by Crippen LogP contribution is 2.10. The van der Waals surface area contributed by atoms with Gasteiger partial charge in [-0.2, -0.15) is 0 Å². The summed E-state index contributed by atoms with van der Waals surface area (Å²) in [5, 5.41) is 9.35. The molecule has 0 spiro atoms. The second-order valence-corrected chi connectivity index (χ2v) is 8.19. The van der Waals surface area contributed by atoms with E-state index in [0.29, 0.717) is 25.7 Å². The van der Waals surface area contributed by atoms with Crippen LogP contribution in [-0.4, -0.2) is 80.6 Å². The molecule has 0 aromatic carbocycles. The van der Waals surface area contributed by atoms with Crippen molar-refractivity contribution in [3.63, 3.8) is 0 Å². The molecule has 0 saturated carbocycles. The highest BCUT2D eigenvalue weighted by molar-refractivity contribution is 5.72. The Hall–Kier alpha value is -1.67. The van der Waals surface area contributed by atoms with Gasteiger partial charge in [0.05, 0.1) is 34.4 Å². The van der Waals surface area contributed by atoms with E-state index in [1.54, 1.807) is 0 Å². The molecule has 0 aliphatic rings. The Bertz CT molecular complexity index is 488. The SMILES string of the molecule is CCCCCCC(=O)OC(COCCC(C(=O)O)[N+](C)(C)C)COC(=O)CCC. The van der Waals surface area contributed by atoms with Crippen LogP contribution < -0.4 is 0 Å². The number of aliphatic carboxylic acids is 1. The number of nitrogens with zero attached hydrogens (tertiary/aromatic N) is 1. The van der Waals surface area contributed by atoms with Crippen LogP contribution in [0.4, 0.5) is 0 Å². The number of quaternary nitrogens is 1. The first kappa shape index (κ1) is 27.3. The van der Waals surface area contributed by atoms with Gasteiger partial charge in [0, 0.05) is 19.3 Å². The van der Waals surface area contributed by atoms with Crippen molar-refractivity contribution in [3.8, 4) is 0 Å². The third-order valence-electron chi connectivity index (χ3n) is 4.48. The zero-order chi connectivity index (χ0) is 22.3. The highest BCUT2D eigenvalue weighted by Gasteiger charge is 2.31. The van der Waals surface area contributed by atoms with Crippen molar-refractivity contribution in [2.45, 2.75) is 77.4 Å². The molecule has 0 aromatic heterocycles. The Morgan fingerprint density at radius 1 is 0.897 bits per heavy atom. The second-order valence-electron chi connectivity index (χ2n) is 8.19. The van der Waals surface area contributed by atoms with E-state index in [1.807, 2.05) is 28.1 Å². The van der Waals surface area contributed by atoms with Crippen LogP contribution in [-0.2, 0) is 28.6 Å².